The topological polar surface area (TPSA) is 33.1 Å². The van der Waals surface area contributed by atoms with Crippen LogP contribution < -0.4 is 5.32 Å². The van der Waals surface area contributed by atoms with Crippen molar-refractivity contribution in [1.82, 2.24) is 19.8 Å². The molecule has 2 atom stereocenters. The number of rotatable bonds is 4. The van der Waals surface area contributed by atoms with Crippen molar-refractivity contribution in [2.24, 2.45) is 0 Å². The summed E-state index contributed by atoms with van der Waals surface area (Å²) >= 11 is 0. The zero-order chi connectivity index (χ0) is 13.9. The van der Waals surface area contributed by atoms with Gasteiger partial charge in [0.2, 0.25) is 0 Å². The Kier molecular flexibility index (Phi) is 4.41. The second-order valence-electron chi connectivity index (χ2n) is 6.62. The zero-order valence-corrected chi connectivity index (χ0v) is 12.9. The van der Waals surface area contributed by atoms with E-state index in [9.17, 15) is 0 Å². The molecule has 2 aliphatic rings. The number of likely N-dealkylation sites (tertiary alicyclic amines) is 1. The summed E-state index contributed by atoms with van der Waals surface area (Å²) in [5, 5.41) is 3.71. The Morgan fingerprint density at radius 3 is 2.95 bits per heavy atom. The predicted octanol–water partition coefficient (Wildman–Crippen LogP) is 2.57. The number of nitrogens with zero attached hydrogens (tertiary/aromatic N) is 3. The molecule has 1 aromatic heterocycles. The summed E-state index contributed by atoms with van der Waals surface area (Å²) in [6.45, 7) is 7.97. The van der Waals surface area contributed by atoms with E-state index in [1.807, 2.05) is 12.5 Å². The molecule has 0 amide bonds. The molecule has 2 unspecified atom stereocenters. The fourth-order valence-electron chi connectivity index (χ4n) is 3.84. The summed E-state index contributed by atoms with van der Waals surface area (Å²) < 4.78 is 2.31. The van der Waals surface area contributed by atoms with Gasteiger partial charge in [-0.1, -0.05) is 6.42 Å². The highest BCUT2D eigenvalue weighted by molar-refractivity contribution is 5.02. The van der Waals surface area contributed by atoms with Crippen LogP contribution in [0.25, 0.3) is 0 Å². The number of imidazole rings is 1. The lowest BCUT2D eigenvalue weighted by atomic mass is 9.94. The molecular weight excluding hydrogens is 248 g/mol. The summed E-state index contributed by atoms with van der Waals surface area (Å²) in [5.74, 6) is 0. The molecule has 2 fully saturated rings. The van der Waals surface area contributed by atoms with Crippen molar-refractivity contribution >= 4 is 0 Å². The molecule has 1 N–H and O–H groups in total. The Hall–Kier alpha value is -0.870. The molecule has 0 aliphatic carbocycles. The van der Waals surface area contributed by atoms with Gasteiger partial charge >= 0.3 is 0 Å². The first kappa shape index (κ1) is 14.1. The highest BCUT2D eigenvalue weighted by Gasteiger charge is 2.31. The second-order valence-corrected chi connectivity index (χ2v) is 6.62. The van der Waals surface area contributed by atoms with Gasteiger partial charge in [0, 0.05) is 30.9 Å². The minimum Gasteiger partial charge on any atom is -0.331 e. The van der Waals surface area contributed by atoms with E-state index in [0.717, 1.165) is 12.6 Å². The molecular formula is C16H28N4. The van der Waals surface area contributed by atoms with Crippen molar-refractivity contribution < 1.29 is 0 Å². The molecule has 4 nitrogen and oxygen atoms in total. The maximum absolute atomic E-state index is 4.35. The third kappa shape index (κ3) is 2.91. The standard InChI is InChI=1S/C16H28N4/c1-13(2)20-12-17-10-14(20)11-19-9-4-3-7-16(19)15-6-5-8-18-15/h10,12-13,15-16,18H,3-9,11H2,1-2H3. The van der Waals surface area contributed by atoms with Crippen LogP contribution in [0, 0.1) is 0 Å². The zero-order valence-electron chi connectivity index (χ0n) is 12.9. The lowest BCUT2D eigenvalue weighted by Gasteiger charge is -2.39. The minimum atomic E-state index is 0.500. The van der Waals surface area contributed by atoms with Gasteiger partial charge in [-0.3, -0.25) is 4.90 Å². The molecule has 112 valence electrons. The van der Waals surface area contributed by atoms with E-state index in [1.165, 1.54) is 50.9 Å². The van der Waals surface area contributed by atoms with E-state index >= 15 is 0 Å². The van der Waals surface area contributed by atoms with Crippen molar-refractivity contribution in [3.8, 4) is 0 Å². The maximum Gasteiger partial charge on any atom is 0.0951 e. The van der Waals surface area contributed by atoms with Gasteiger partial charge in [0.1, 0.15) is 0 Å². The van der Waals surface area contributed by atoms with Gasteiger partial charge in [-0.2, -0.15) is 0 Å². The third-order valence-corrected chi connectivity index (χ3v) is 4.89. The molecule has 4 heteroatoms. The highest BCUT2D eigenvalue weighted by Crippen LogP contribution is 2.26. The van der Waals surface area contributed by atoms with E-state index in [2.05, 4.69) is 33.6 Å². The van der Waals surface area contributed by atoms with E-state index < -0.39 is 0 Å². The minimum absolute atomic E-state index is 0.500. The summed E-state index contributed by atoms with van der Waals surface area (Å²) in [5.41, 5.74) is 1.37. The molecule has 3 heterocycles. The Bertz CT molecular complexity index is 420. The van der Waals surface area contributed by atoms with Crippen LogP contribution in [0.2, 0.25) is 0 Å². The van der Waals surface area contributed by atoms with Crippen molar-refractivity contribution in [2.75, 3.05) is 13.1 Å². The Morgan fingerprint density at radius 2 is 2.20 bits per heavy atom. The summed E-state index contributed by atoms with van der Waals surface area (Å²) in [7, 11) is 0. The molecule has 2 saturated heterocycles. The van der Waals surface area contributed by atoms with Crippen LogP contribution in [-0.4, -0.2) is 39.6 Å². The summed E-state index contributed by atoms with van der Waals surface area (Å²) in [6, 6.07) is 1.94. The smallest absolute Gasteiger partial charge is 0.0951 e. The number of hydrogen-bond acceptors (Lipinski definition) is 3. The Labute approximate surface area is 122 Å². The van der Waals surface area contributed by atoms with Gasteiger partial charge in [0.25, 0.3) is 0 Å². The highest BCUT2D eigenvalue weighted by atomic mass is 15.2. The van der Waals surface area contributed by atoms with E-state index in [1.54, 1.807) is 0 Å². The lowest BCUT2D eigenvalue weighted by molar-refractivity contribution is 0.109. The fraction of sp³-hybridized carbons (Fsp3) is 0.812. The molecule has 0 spiro atoms. The van der Waals surface area contributed by atoms with Crippen LogP contribution in [0.15, 0.2) is 12.5 Å². The van der Waals surface area contributed by atoms with Crippen LogP contribution in [0.5, 0.6) is 0 Å². The van der Waals surface area contributed by atoms with Crippen LogP contribution in [0.3, 0.4) is 0 Å². The number of hydrogen-bond donors (Lipinski definition) is 1. The first-order valence-corrected chi connectivity index (χ1v) is 8.24. The molecule has 2 aliphatic heterocycles. The third-order valence-electron chi connectivity index (χ3n) is 4.89. The van der Waals surface area contributed by atoms with Gasteiger partial charge in [-0.15, -0.1) is 0 Å². The SMILES string of the molecule is CC(C)n1cncc1CN1CCCCC1C1CCCN1. The Balaban J connectivity index is 1.71. The van der Waals surface area contributed by atoms with Gasteiger partial charge in [-0.05, 0) is 52.6 Å². The van der Waals surface area contributed by atoms with Crippen molar-refractivity contribution in [3.63, 3.8) is 0 Å². The van der Waals surface area contributed by atoms with Crippen LogP contribution in [-0.2, 0) is 6.54 Å². The number of aromatic nitrogens is 2. The number of piperidine rings is 1. The average molecular weight is 276 g/mol. The predicted molar refractivity (Wildman–Crippen MR) is 81.7 cm³/mol. The molecule has 0 aromatic carbocycles. The quantitative estimate of drug-likeness (QED) is 0.917. The van der Waals surface area contributed by atoms with Gasteiger partial charge in [0.15, 0.2) is 0 Å². The van der Waals surface area contributed by atoms with Crippen LogP contribution in [0.4, 0.5) is 0 Å². The van der Waals surface area contributed by atoms with E-state index in [4.69, 9.17) is 0 Å². The number of nitrogens with one attached hydrogen (secondary N) is 1. The molecule has 3 rings (SSSR count). The molecule has 20 heavy (non-hydrogen) atoms. The lowest BCUT2D eigenvalue weighted by Crippen LogP contribution is -2.49. The first-order chi connectivity index (χ1) is 9.75. The fourth-order valence-corrected chi connectivity index (χ4v) is 3.84. The van der Waals surface area contributed by atoms with Crippen molar-refractivity contribution in [1.29, 1.82) is 0 Å². The van der Waals surface area contributed by atoms with E-state index in [-0.39, 0.29) is 0 Å². The van der Waals surface area contributed by atoms with Crippen molar-refractivity contribution in [3.05, 3.63) is 18.2 Å². The van der Waals surface area contributed by atoms with Gasteiger partial charge in [-0.25, -0.2) is 4.98 Å². The first-order valence-electron chi connectivity index (χ1n) is 8.24. The molecule has 0 saturated carbocycles. The average Bonchev–Trinajstić information content (AvgIpc) is 3.09. The van der Waals surface area contributed by atoms with E-state index in [0.29, 0.717) is 12.1 Å². The normalized spacial score (nSPS) is 28.4. The molecule has 0 bridgehead atoms. The van der Waals surface area contributed by atoms with Gasteiger partial charge < -0.3 is 9.88 Å². The van der Waals surface area contributed by atoms with Gasteiger partial charge in [0.05, 0.1) is 12.0 Å². The molecule has 0 radical (unpaired) electrons. The molecule has 1 aromatic rings. The summed E-state index contributed by atoms with van der Waals surface area (Å²) in [4.78, 5) is 7.05. The van der Waals surface area contributed by atoms with Crippen molar-refractivity contribution in [2.45, 2.75) is 70.6 Å². The largest absolute Gasteiger partial charge is 0.331 e. The Morgan fingerprint density at radius 1 is 1.30 bits per heavy atom. The van der Waals surface area contributed by atoms with Crippen LogP contribution >= 0.6 is 0 Å². The maximum atomic E-state index is 4.35. The van der Waals surface area contributed by atoms with Crippen LogP contribution in [0.1, 0.15) is 57.7 Å². The second kappa shape index (κ2) is 6.27. The summed E-state index contributed by atoms with van der Waals surface area (Å²) in [6.07, 6.45) is 10.8. The monoisotopic (exact) mass is 276 g/mol.